The first kappa shape index (κ1) is 23.7. The second kappa shape index (κ2) is 10.6. The van der Waals surface area contributed by atoms with Crippen molar-refractivity contribution in [1.82, 2.24) is 24.6 Å². The summed E-state index contributed by atoms with van der Waals surface area (Å²) in [5, 5.41) is 7.11. The van der Waals surface area contributed by atoms with Crippen molar-refractivity contribution in [2.75, 3.05) is 52.4 Å². The van der Waals surface area contributed by atoms with Crippen LogP contribution >= 0.6 is 24.0 Å². The highest BCUT2D eigenvalue weighted by Crippen LogP contribution is 2.31. The number of hydrogen-bond acceptors (Lipinski definition) is 6. The summed E-state index contributed by atoms with van der Waals surface area (Å²) in [5.41, 5.74) is 0.444. The molecule has 3 fully saturated rings. The molecule has 9 nitrogen and oxygen atoms in total. The number of likely N-dealkylation sites (tertiary alicyclic amines) is 1. The van der Waals surface area contributed by atoms with Crippen molar-refractivity contribution in [2.45, 2.75) is 38.0 Å². The summed E-state index contributed by atoms with van der Waals surface area (Å²) < 4.78 is 31.5. The molecule has 1 aromatic rings. The van der Waals surface area contributed by atoms with Gasteiger partial charge < -0.3 is 19.6 Å². The van der Waals surface area contributed by atoms with E-state index in [0.717, 1.165) is 25.1 Å². The van der Waals surface area contributed by atoms with Gasteiger partial charge in [-0.15, -0.1) is 24.0 Å². The monoisotopic (exact) mass is 552 g/mol. The fourth-order valence-electron chi connectivity index (χ4n) is 4.19. The molecule has 1 aliphatic carbocycles. The van der Waals surface area contributed by atoms with Crippen molar-refractivity contribution < 1.29 is 12.9 Å². The summed E-state index contributed by atoms with van der Waals surface area (Å²) in [7, 11) is -3.38. The number of aliphatic imine (C=N–C) groups is 1. The summed E-state index contributed by atoms with van der Waals surface area (Å²) in [6.07, 6.45) is 5.36. The maximum absolute atomic E-state index is 12.6. The lowest BCUT2D eigenvalue weighted by atomic mass is 10.1. The first-order valence-corrected chi connectivity index (χ1v) is 12.3. The Kier molecular flexibility index (Phi) is 8.39. The number of guanidine groups is 1. The van der Waals surface area contributed by atoms with Crippen molar-refractivity contribution in [3.8, 4) is 0 Å². The number of halogens is 1. The first-order chi connectivity index (χ1) is 14.0. The second-order valence-electron chi connectivity index (χ2n) is 8.21. The molecule has 2 saturated heterocycles. The zero-order chi connectivity index (χ0) is 20.3. The molecule has 1 aromatic heterocycles. The fourth-order valence-corrected chi connectivity index (χ4v) is 5.62. The summed E-state index contributed by atoms with van der Waals surface area (Å²) in [5.74, 6) is 1.43. The third-order valence-corrected chi connectivity index (χ3v) is 7.78. The van der Waals surface area contributed by atoms with Gasteiger partial charge in [-0.3, -0.25) is 4.99 Å². The van der Waals surface area contributed by atoms with Gasteiger partial charge in [-0.1, -0.05) is 5.16 Å². The summed E-state index contributed by atoms with van der Waals surface area (Å²) >= 11 is 0. The Morgan fingerprint density at radius 1 is 1.23 bits per heavy atom. The number of nitrogens with zero attached hydrogens (tertiary/aromatic N) is 5. The molecule has 170 valence electrons. The molecule has 4 rings (SSSR count). The molecular weight excluding hydrogens is 519 g/mol. The van der Waals surface area contributed by atoms with Crippen LogP contribution in [0.25, 0.3) is 0 Å². The molecule has 2 aliphatic heterocycles. The van der Waals surface area contributed by atoms with E-state index in [9.17, 15) is 8.42 Å². The summed E-state index contributed by atoms with van der Waals surface area (Å²) in [4.78, 5) is 9.69. The summed E-state index contributed by atoms with van der Waals surface area (Å²) in [6, 6.07) is 2.43. The van der Waals surface area contributed by atoms with Crippen LogP contribution in [0.2, 0.25) is 0 Å². The molecule has 0 aromatic carbocycles. The Labute approximate surface area is 196 Å². The van der Waals surface area contributed by atoms with Crippen LogP contribution in [0.4, 0.5) is 0 Å². The van der Waals surface area contributed by atoms with Gasteiger partial charge >= 0.3 is 0 Å². The zero-order valence-corrected chi connectivity index (χ0v) is 20.7. The maximum atomic E-state index is 12.6. The van der Waals surface area contributed by atoms with Crippen LogP contribution in [0, 0.1) is 5.92 Å². The minimum atomic E-state index is -3.38. The Morgan fingerprint density at radius 2 is 2.00 bits per heavy atom. The van der Waals surface area contributed by atoms with Crippen LogP contribution < -0.4 is 5.32 Å². The highest BCUT2D eigenvalue weighted by molar-refractivity contribution is 14.0. The zero-order valence-electron chi connectivity index (χ0n) is 17.6. The van der Waals surface area contributed by atoms with E-state index in [1.807, 2.05) is 0 Å². The van der Waals surface area contributed by atoms with Gasteiger partial charge in [0.1, 0.15) is 12.0 Å². The average Bonchev–Trinajstić information content (AvgIpc) is 3.24. The van der Waals surface area contributed by atoms with Gasteiger partial charge in [-0.05, 0) is 38.6 Å². The van der Waals surface area contributed by atoms with Gasteiger partial charge in [0, 0.05) is 57.9 Å². The van der Waals surface area contributed by atoms with Crippen LogP contribution in [0.15, 0.2) is 21.8 Å². The number of aromatic nitrogens is 1. The minimum absolute atomic E-state index is 0. The van der Waals surface area contributed by atoms with Crippen LogP contribution in [-0.4, -0.2) is 92.0 Å². The largest absolute Gasteiger partial charge is 0.364 e. The van der Waals surface area contributed by atoms with Gasteiger partial charge in [0.25, 0.3) is 0 Å². The number of sulfonamides is 1. The van der Waals surface area contributed by atoms with Crippen LogP contribution in [-0.2, 0) is 15.8 Å². The molecule has 3 heterocycles. The number of hydrogen-bond donors (Lipinski definition) is 1. The highest BCUT2D eigenvalue weighted by atomic mass is 127. The maximum Gasteiger partial charge on any atom is 0.220 e. The molecule has 1 N–H and O–H groups in total. The molecular formula is C19H33IN6O3S. The molecule has 1 atom stereocenters. The smallest absolute Gasteiger partial charge is 0.220 e. The van der Waals surface area contributed by atoms with Crippen molar-refractivity contribution in [2.24, 2.45) is 10.9 Å². The van der Waals surface area contributed by atoms with E-state index in [4.69, 9.17) is 9.52 Å². The van der Waals surface area contributed by atoms with Crippen molar-refractivity contribution >= 4 is 40.0 Å². The molecule has 0 radical (unpaired) electrons. The van der Waals surface area contributed by atoms with E-state index in [-0.39, 0.29) is 29.7 Å². The average molecular weight is 552 g/mol. The number of piperazine rings is 1. The molecule has 1 saturated carbocycles. The normalized spacial score (nSPS) is 24.1. The van der Waals surface area contributed by atoms with Crippen LogP contribution in [0.5, 0.6) is 0 Å². The van der Waals surface area contributed by atoms with E-state index < -0.39 is 10.0 Å². The SMILES string of the molecule is CCNC(=NCC1CCN(C2CC2)C1)N1CCN(S(=O)(=O)Cc2ccon2)CC1.I. The van der Waals surface area contributed by atoms with Gasteiger partial charge in [0.15, 0.2) is 5.96 Å². The molecule has 30 heavy (non-hydrogen) atoms. The van der Waals surface area contributed by atoms with E-state index in [0.29, 0.717) is 37.8 Å². The standard InChI is InChI=1S/C19H32N6O3S.HI/c1-2-20-19(21-13-16-5-7-24(14-16)18-3-4-18)23-8-10-25(11-9-23)29(26,27)15-17-6-12-28-22-17;/h6,12,16,18H,2-5,7-11,13-15H2,1H3,(H,20,21);1H. The number of nitrogens with one attached hydrogen (secondary N) is 1. The molecule has 0 amide bonds. The van der Waals surface area contributed by atoms with Gasteiger partial charge in [0.05, 0.1) is 5.69 Å². The molecule has 1 unspecified atom stereocenters. The quantitative estimate of drug-likeness (QED) is 0.309. The lowest BCUT2D eigenvalue weighted by Crippen LogP contribution is -2.54. The predicted octanol–water partition coefficient (Wildman–Crippen LogP) is 1.19. The second-order valence-corrected chi connectivity index (χ2v) is 10.2. The minimum Gasteiger partial charge on any atom is -0.364 e. The predicted molar refractivity (Wildman–Crippen MR) is 126 cm³/mol. The van der Waals surface area contributed by atoms with Crippen molar-refractivity contribution in [3.05, 3.63) is 18.0 Å². The fraction of sp³-hybridized carbons (Fsp3) is 0.789. The molecule has 11 heteroatoms. The van der Waals surface area contributed by atoms with E-state index in [1.165, 1.54) is 38.6 Å². The number of rotatable bonds is 7. The Morgan fingerprint density at radius 3 is 2.63 bits per heavy atom. The third-order valence-electron chi connectivity index (χ3n) is 5.97. The van der Waals surface area contributed by atoms with Crippen molar-refractivity contribution in [1.29, 1.82) is 0 Å². The molecule has 3 aliphatic rings. The topological polar surface area (TPSA) is 94.3 Å². The highest BCUT2D eigenvalue weighted by Gasteiger charge is 2.34. The van der Waals surface area contributed by atoms with Crippen molar-refractivity contribution in [3.63, 3.8) is 0 Å². The Hall–Kier alpha value is -0.920. The van der Waals surface area contributed by atoms with E-state index in [2.05, 4.69) is 27.2 Å². The van der Waals surface area contributed by atoms with Gasteiger partial charge in [-0.25, -0.2) is 8.42 Å². The van der Waals surface area contributed by atoms with E-state index in [1.54, 1.807) is 10.4 Å². The van der Waals surface area contributed by atoms with Gasteiger partial charge in [0.2, 0.25) is 10.0 Å². The van der Waals surface area contributed by atoms with Crippen LogP contribution in [0.1, 0.15) is 31.9 Å². The Bertz CT molecular complexity index is 791. The van der Waals surface area contributed by atoms with Gasteiger partial charge in [-0.2, -0.15) is 4.31 Å². The third kappa shape index (κ3) is 6.07. The first-order valence-electron chi connectivity index (χ1n) is 10.7. The van der Waals surface area contributed by atoms with E-state index >= 15 is 0 Å². The molecule has 0 spiro atoms. The Balaban J connectivity index is 0.00000256. The lowest BCUT2D eigenvalue weighted by molar-refractivity contribution is 0.259. The van der Waals surface area contributed by atoms with Crippen LogP contribution in [0.3, 0.4) is 0 Å². The summed E-state index contributed by atoms with van der Waals surface area (Å²) in [6.45, 7) is 8.31. The lowest BCUT2D eigenvalue weighted by Gasteiger charge is -2.35. The molecule has 0 bridgehead atoms.